The van der Waals surface area contributed by atoms with Crippen molar-refractivity contribution in [3.8, 4) is 0 Å². The van der Waals surface area contributed by atoms with Gasteiger partial charge in [0.1, 0.15) is 0 Å². The molecule has 7 heteroatoms. The highest BCUT2D eigenvalue weighted by Crippen LogP contribution is 2.25. The number of amides is 1. The van der Waals surface area contributed by atoms with Gasteiger partial charge in [-0.15, -0.1) is 0 Å². The first-order valence-electron chi connectivity index (χ1n) is 10.1. The summed E-state index contributed by atoms with van der Waals surface area (Å²) in [6, 6.07) is 15.5. The minimum atomic E-state index is -3.25. The summed E-state index contributed by atoms with van der Waals surface area (Å²) < 4.78 is 25.8. The number of anilines is 1. The highest BCUT2D eigenvalue weighted by molar-refractivity contribution is 7.93. The van der Waals surface area contributed by atoms with Crippen LogP contribution in [0.15, 0.2) is 48.5 Å². The van der Waals surface area contributed by atoms with Crippen LogP contribution in [0.3, 0.4) is 0 Å². The van der Waals surface area contributed by atoms with Crippen molar-refractivity contribution >= 4 is 21.6 Å². The summed E-state index contributed by atoms with van der Waals surface area (Å²) in [4.78, 5) is 17.2. The molecule has 0 unspecified atom stereocenters. The Hall–Kier alpha value is -2.38. The molecule has 0 N–H and O–H groups in total. The number of hydrogen-bond acceptors (Lipinski definition) is 4. The monoisotopic (exact) mass is 413 g/mol. The first kappa shape index (κ1) is 19.9. The maximum absolute atomic E-state index is 13.0. The van der Waals surface area contributed by atoms with Crippen LogP contribution in [0.5, 0.6) is 0 Å². The molecule has 0 bridgehead atoms. The normalized spacial score (nSPS) is 19.5. The molecular formula is C22H27N3O3S. The van der Waals surface area contributed by atoms with Crippen LogP contribution in [0.4, 0.5) is 5.69 Å². The molecule has 6 nitrogen and oxygen atoms in total. The summed E-state index contributed by atoms with van der Waals surface area (Å²) in [6.07, 6.45) is 0.628. The number of piperazine rings is 1. The van der Waals surface area contributed by atoms with E-state index in [-0.39, 0.29) is 11.7 Å². The molecule has 154 valence electrons. The predicted molar refractivity (Wildman–Crippen MR) is 115 cm³/mol. The Morgan fingerprint density at radius 2 is 1.72 bits per heavy atom. The summed E-state index contributed by atoms with van der Waals surface area (Å²) in [5.41, 5.74) is 3.70. The fourth-order valence-corrected chi connectivity index (χ4v) is 5.64. The largest absolute Gasteiger partial charge is 0.336 e. The van der Waals surface area contributed by atoms with Gasteiger partial charge in [0.05, 0.1) is 11.4 Å². The van der Waals surface area contributed by atoms with E-state index in [9.17, 15) is 13.2 Å². The topological polar surface area (TPSA) is 60.9 Å². The van der Waals surface area contributed by atoms with E-state index in [4.69, 9.17) is 0 Å². The molecule has 0 aromatic heterocycles. The molecule has 4 rings (SSSR count). The molecule has 2 aliphatic heterocycles. The number of aryl methyl sites for hydroxylation is 1. The van der Waals surface area contributed by atoms with Gasteiger partial charge in [0.25, 0.3) is 5.91 Å². The Balaban J connectivity index is 1.39. The summed E-state index contributed by atoms with van der Waals surface area (Å²) in [6.45, 7) is 6.50. The van der Waals surface area contributed by atoms with Crippen LogP contribution in [0.1, 0.15) is 27.9 Å². The van der Waals surface area contributed by atoms with Gasteiger partial charge in [0.15, 0.2) is 0 Å². The van der Waals surface area contributed by atoms with Gasteiger partial charge in [0.2, 0.25) is 10.0 Å². The van der Waals surface area contributed by atoms with E-state index in [2.05, 4.69) is 36.1 Å². The molecule has 0 aliphatic carbocycles. The first-order valence-corrected chi connectivity index (χ1v) is 11.7. The molecule has 2 heterocycles. The average molecular weight is 414 g/mol. The third-order valence-corrected chi connectivity index (χ3v) is 7.50. The van der Waals surface area contributed by atoms with Gasteiger partial charge < -0.3 is 4.90 Å². The quantitative estimate of drug-likeness (QED) is 0.773. The summed E-state index contributed by atoms with van der Waals surface area (Å²) in [7, 11) is -3.25. The molecule has 0 spiro atoms. The van der Waals surface area contributed by atoms with Gasteiger partial charge >= 0.3 is 0 Å². The lowest BCUT2D eigenvalue weighted by molar-refractivity contribution is 0.0628. The average Bonchev–Trinajstić information content (AvgIpc) is 3.07. The van der Waals surface area contributed by atoms with E-state index in [0.717, 1.165) is 19.6 Å². The molecule has 2 aromatic rings. The van der Waals surface area contributed by atoms with Crippen molar-refractivity contribution in [1.29, 1.82) is 0 Å². The smallest absolute Gasteiger partial charge is 0.254 e. The van der Waals surface area contributed by atoms with Crippen LogP contribution < -0.4 is 4.31 Å². The number of benzene rings is 2. The van der Waals surface area contributed by atoms with E-state index in [1.54, 1.807) is 24.3 Å². The van der Waals surface area contributed by atoms with Crippen LogP contribution in [0.2, 0.25) is 0 Å². The van der Waals surface area contributed by atoms with E-state index in [1.807, 2.05) is 4.90 Å². The fourth-order valence-electron chi connectivity index (χ4n) is 4.08. The van der Waals surface area contributed by atoms with Gasteiger partial charge in [-0.1, -0.05) is 35.9 Å². The van der Waals surface area contributed by atoms with Crippen LogP contribution in [-0.2, 0) is 16.6 Å². The molecule has 0 atom stereocenters. The Morgan fingerprint density at radius 3 is 2.41 bits per heavy atom. The van der Waals surface area contributed by atoms with Crippen molar-refractivity contribution in [2.75, 3.05) is 42.8 Å². The fraction of sp³-hybridized carbons (Fsp3) is 0.409. The molecule has 2 aromatic carbocycles. The summed E-state index contributed by atoms with van der Waals surface area (Å²) in [5.74, 6) is 0.146. The lowest BCUT2D eigenvalue weighted by Gasteiger charge is -2.35. The summed E-state index contributed by atoms with van der Waals surface area (Å²) >= 11 is 0. The van der Waals surface area contributed by atoms with Crippen molar-refractivity contribution < 1.29 is 13.2 Å². The minimum Gasteiger partial charge on any atom is -0.336 e. The van der Waals surface area contributed by atoms with Gasteiger partial charge in [0, 0.05) is 44.8 Å². The lowest BCUT2D eigenvalue weighted by atomic mass is 10.1. The Morgan fingerprint density at radius 1 is 0.966 bits per heavy atom. The van der Waals surface area contributed by atoms with Crippen molar-refractivity contribution in [3.05, 3.63) is 65.2 Å². The highest BCUT2D eigenvalue weighted by atomic mass is 32.2. The van der Waals surface area contributed by atoms with E-state index in [1.165, 1.54) is 15.4 Å². The molecule has 0 saturated carbocycles. The van der Waals surface area contributed by atoms with E-state index in [0.29, 0.717) is 37.3 Å². The van der Waals surface area contributed by atoms with Crippen molar-refractivity contribution in [1.82, 2.24) is 9.80 Å². The molecule has 2 saturated heterocycles. The van der Waals surface area contributed by atoms with Gasteiger partial charge in [-0.3, -0.25) is 14.0 Å². The number of sulfonamides is 1. The SMILES string of the molecule is Cc1cccc(CN2CCN(C(=O)c3cccc(N4CCCS4(=O)=O)c3)CC2)c1. The van der Waals surface area contributed by atoms with Crippen LogP contribution in [0.25, 0.3) is 0 Å². The minimum absolute atomic E-state index is 0.0290. The van der Waals surface area contributed by atoms with Crippen molar-refractivity contribution in [2.45, 2.75) is 19.9 Å². The third kappa shape index (κ3) is 4.46. The molecule has 2 aliphatic rings. The lowest BCUT2D eigenvalue weighted by Crippen LogP contribution is -2.48. The number of rotatable bonds is 4. The zero-order valence-electron chi connectivity index (χ0n) is 16.8. The Kier molecular flexibility index (Phi) is 5.61. The standard InChI is InChI=1S/C22H27N3O3S/c1-18-5-2-6-19(15-18)17-23-10-12-24(13-11-23)22(26)20-7-3-8-21(16-20)25-9-4-14-29(25,27)28/h2-3,5-8,15-16H,4,9-14,17H2,1H3. The zero-order chi connectivity index (χ0) is 20.4. The predicted octanol–water partition coefficient (Wildman–Crippen LogP) is 2.49. The zero-order valence-corrected chi connectivity index (χ0v) is 17.6. The van der Waals surface area contributed by atoms with Crippen molar-refractivity contribution in [3.63, 3.8) is 0 Å². The van der Waals surface area contributed by atoms with Crippen LogP contribution in [-0.4, -0.2) is 62.6 Å². The maximum atomic E-state index is 13.0. The highest BCUT2D eigenvalue weighted by Gasteiger charge is 2.29. The van der Waals surface area contributed by atoms with Gasteiger partial charge in [-0.25, -0.2) is 8.42 Å². The Labute approximate surface area is 172 Å². The summed E-state index contributed by atoms with van der Waals surface area (Å²) in [5, 5.41) is 0. The number of nitrogens with zero attached hydrogens (tertiary/aromatic N) is 3. The van der Waals surface area contributed by atoms with Gasteiger partial charge in [-0.05, 0) is 37.1 Å². The van der Waals surface area contributed by atoms with Crippen LogP contribution >= 0.6 is 0 Å². The third-order valence-electron chi connectivity index (χ3n) is 5.63. The molecule has 1 amide bonds. The Bertz CT molecular complexity index is 998. The van der Waals surface area contributed by atoms with E-state index >= 15 is 0 Å². The van der Waals surface area contributed by atoms with Crippen LogP contribution in [0, 0.1) is 6.92 Å². The van der Waals surface area contributed by atoms with E-state index < -0.39 is 10.0 Å². The second-order valence-corrected chi connectivity index (χ2v) is 9.86. The molecule has 2 fully saturated rings. The molecule has 29 heavy (non-hydrogen) atoms. The second-order valence-electron chi connectivity index (χ2n) is 7.85. The number of carbonyl (C=O) groups excluding carboxylic acids is 1. The molecular weight excluding hydrogens is 386 g/mol. The second kappa shape index (κ2) is 8.16. The maximum Gasteiger partial charge on any atom is 0.254 e. The number of hydrogen-bond donors (Lipinski definition) is 0. The first-order chi connectivity index (χ1) is 13.9. The van der Waals surface area contributed by atoms with Gasteiger partial charge in [-0.2, -0.15) is 0 Å². The molecule has 0 radical (unpaired) electrons. The van der Waals surface area contributed by atoms with Crippen molar-refractivity contribution in [2.24, 2.45) is 0 Å². The number of carbonyl (C=O) groups is 1.